The van der Waals surface area contributed by atoms with Crippen LogP contribution in [0, 0.1) is 0 Å². The molecule has 0 aliphatic carbocycles. The predicted molar refractivity (Wildman–Crippen MR) is 60.6 cm³/mol. The highest BCUT2D eigenvalue weighted by Gasteiger charge is 2.05. The highest BCUT2D eigenvalue weighted by atomic mass is 15.3. The zero-order valence-corrected chi connectivity index (χ0v) is 8.41. The SMILES string of the molecule is Nc1ccn2nc(-c3ccccn3)cc2n1. The van der Waals surface area contributed by atoms with Gasteiger partial charge in [-0.1, -0.05) is 6.07 Å². The molecule has 2 N–H and O–H groups in total. The molecule has 5 nitrogen and oxygen atoms in total. The van der Waals surface area contributed by atoms with Crippen molar-refractivity contribution >= 4 is 11.5 Å². The van der Waals surface area contributed by atoms with Crippen molar-refractivity contribution in [1.82, 2.24) is 19.6 Å². The Morgan fingerprint density at radius 2 is 2.06 bits per heavy atom. The monoisotopic (exact) mass is 211 g/mol. The highest BCUT2D eigenvalue weighted by molar-refractivity contribution is 5.61. The standard InChI is InChI=1S/C11H9N5/c12-10-4-6-16-11(14-10)7-9(15-16)8-3-1-2-5-13-8/h1-7H,(H2,12,14). The summed E-state index contributed by atoms with van der Waals surface area (Å²) in [4.78, 5) is 8.40. The molecular formula is C11H9N5. The molecule has 0 fully saturated rings. The minimum Gasteiger partial charge on any atom is -0.384 e. The van der Waals surface area contributed by atoms with Gasteiger partial charge in [0.1, 0.15) is 11.5 Å². The van der Waals surface area contributed by atoms with E-state index < -0.39 is 0 Å². The Kier molecular flexibility index (Phi) is 1.83. The summed E-state index contributed by atoms with van der Waals surface area (Å²) in [6, 6.07) is 9.27. The molecule has 0 atom stereocenters. The lowest BCUT2D eigenvalue weighted by molar-refractivity contribution is 0.943. The van der Waals surface area contributed by atoms with Gasteiger partial charge in [0.05, 0.1) is 5.69 Å². The number of nitrogens with two attached hydrogens (primary N) is 1. The van der Waals surface area contributed by atoms with Gasteiger partial charge < -0.3 is 5.73 Å². The molecule has 0 aliphatic heterocycles. The maximum atomic E-state index is 5.60. The van der Waals surface area contributed by atoms with E-state index in [4.69, 9.17) is 5.73 Å². The molecule has 0 radical (unpaired) electrons. The van der Waals surface area contributed by atoms with Crippen molar-refractivity contribution < 1.29 is 0 Å². The third kappa shape index (κ3) is 1.38. The van der Waals surface area contributed by atoms with Gasteiger partial charge in [-0.15, -0.1) is 0 Å². The zero-order valence-electron chi connectivity index (χ0n) is 8.41. The minimum absolute atomic E-state index is 0.486. The van der Waals surface area contributed by atoms with Crippen LogP contribution in [0.3, 0.4) is 0 Å². The van der Waals surface area contributed by atoms with Gasteiger partial charge in [0.25, 0.3) is 0 Å². The van der Waals surface area contributed by atoms with E-state index in [1.54, 1.807) is 23.0 Å². The third-order valence-electron chi connectivity index (χ3n) is 2.27. The van der Waals surface area contributed by atoms with Crippen LogP contribution >= 0.6 is 0 Å². The lowest BCUT2D eigenvalue weighted by Crippen LogP contribution is -1.94. The quantitative estimate of drug-likeness (QED) is 0.660. The lowest BCUT2D eigenvalue weighted by Gasteiger charge is -1.92. The second kappa shape index (κ2) is 3.30. The van der Waals surface area contributed by atoms with Crippen LogP contribution in [0.25, 0.3) is 17.0 Å². The maximum Gasteiger partial charge on any atom is 0.158 e. The molecule has 3 aromatic heterocycles. The summed E-state index contributed by atoms with van der Waals surface area (Å²) in [6.45, 7) is 0. The summed E-state index contributed by atoms with van der Waals surface area (Å²) in [6.07, 6.45) is 3.52. The molecule has 0 bridgehead atoms. The molecule has 5 heteroatoms. The molecule has 3 rings (SSSR count). The van der Waals surface area contributed by atoms with Crippen molar-refractivity contribution in [2.45, 2.75) is 0 Å². The van der Waals surface area contributed by atoms with Gasteiger partial charge in [-0.05, 0) is 18.2 Å². The van der Waals surface area contributed by atoms with Crippen molar-refractivity contribution in [3.63, 3.8) is 0 Å². The Balaban J connectivity index is 2.19. The summed E-state index contributed by atoms with van der Waals surface area (Å²) in [5.41, 5.74) is 7.94. The van der Waals surface area contributed by atoms with E-state index in [0.717, 1.165) is 17.0 Å². The Morgan fingerprint density at radius 1 is 1.12 bits per heavy atom. The highest BCUT2D eigenvalue weighted by Crippen LogP contribution is 2.16. The topological polar surface area (TPSA) is 69.1 Å². The Bertz CT molecular complexity index is 629. The Labute approximate surface area is 91.6 Å². The summed E-state index contributed by atoms with van der Waals surface area (Å²) in [5.74, 6) is 0.486. The summed E-state index contributed by atoms with van der Waals surface area (Å²) < 4.78 is 1.68. The predicted octanol–water partition coefficient (Wildman–Crippen LogP) is 1.37. The van der Waals surface area contributed by atoms with E-state index in [2.05, 4.69) is 15.1 Å². The fourth-order valence-electron chi connectivity index (χ4n) is 1.53. The average molecular weight is 211 g/mol. The van der Waals surface area contributed by atoms with E-state index in [-0.39, 0.29) is 0 Å². The van der Waals surface area contributed by atoms with Crippen LogP contribution in [0.4, 0.5) is 5.82 Å². The smallest absolute Gasteiger partial charge is 0.158 e. The Hall–Kier alpha value is -2.43. The Morgan fingerprint density at radius 3 is 2.88 bits per heavy atom. The number of rotatable bonds is 1. The van der Waals surface area contributed by atoms with Gasteiger partial charge in [-0.25, -0.2) is 9.50 Å². The van der Waals surface area contributed by atoms with E-state index in [1.165, 1.54) is 0 Å². The zero-order chi connectivity index (χ0) is 11.0. The molecule has 0 unspecified atom stereocenters. The van der Waals surface area contributed by atoms with Gasteiger partial charge in [0, 0.05) is 18.5 Å². The van der Waals surface area contributed by atoms with Crippen molar-refractivity contribution in [1.29, 1.82) is 0 Å². The van der Waals surface area contributed by atoms with Gasteiger partial charge >= 0.3 is 0 Å². The van der Waals surface area contributed by atoms with Crippen molar-refractivity contribution in [3.8, 4) is 11.4 Å². The molecule has 3 heterocycles. The largest absolute Gasteiger partial charge is 0.384 e. The summed E-state index contributed by atoms with van der Waals surface area (Å²) in [5, 5.41) is 4.36. The number of pyridine rings is 1. The number of nitrogen functional groups attached to an aromatic ring is 1. The first-order valence-corrected chi connectivity index (χ1v) is 4.86. The average Bonchev–Trinajstić information content (AvgIpc) is 2.73. The van der Waals surface area contributed by atoms with Crippen LogP contribution in [0.2, 0.25) is 0 Å². The molecule has 16 heavy (non-hydrogen) atoms. The summed E-state index contributed by atoms with van der Waals surface area (Å²) >= 11 is 0. The van der Waals surface area contributed by atoms with E-state index in [9.17, 15) is 0 Å². The first kappa shape index (κ1) is 8.84. The van der Waals surface area contributed by atoms with Crippen LogP contribution in [0.15, 0.2) is 42.7 Å². The fourth-order valence-corrected chi connectivity index (χ4v) is 1.53. The molecule has 3 aromatic rings. The first-order valence-electron chi connectivity index (χ1n) is 4.86. The first-order chi connectivity index (χ1) is 7.83. The fraction of sp³-hybridized carbons (Fsp3) is 0. The van der Waals surface area contributed by atoms with Gasteiger partial charge in [0.15, 0.2) is 5.65 Å². The second-order valence-electron chi connectivity index (χ2n) is 3.40. The molecule has 0 amide bonds. The van der Waals surface area contributed by atoms with Gasteiger partial charge in [-0.3, -0.25) is 4.98 Å². The van der Waals surface area contributed by atoms with Crippen LogP contribution < -0.4 is 5.73 Å². The molecule has 0 saturated carbocycles. The molecular weight excluding hydrogens is 202 g/mol. The number of fused-ring (bicyclic) bond motifs is 1. The van der Waals surface area contributed by atoms with Gasteiger partial charge in [0.2, 0.25) is 0 Å². The number of aromatic nitrogens is 4. The van der Waals surface area contributed by atoms with Crippen LogP contribution in [-0.4, -0.2) is 19.6 Å². The number of anilines is 1. The number of hydrogen-bond donors (Lipinski definition) is 1. The molecule has 78 valence electrons. The van der Waals surface area contributed by atoms with Gasteiger partial charge in [-0.2, -0.15) is 5.10 Å². The van der Waals surface area contributed by atoms with Crippen molar-refractivity contribution in [2.75, 3.05) is 5.73 Å². The van der Waals surface area contributed by atoms with Crippen molar-refractivity contribution in [3.05, 3.63) is 42.7 Å². The molecule has 0 saturated heterocycles. The maximum absolute atomic E-state index is 5.60. The van der Waals surface area contributed by atoms with E-state index in [0.29, 0.717) is 5.82 Å². The summed E-state index contributed by atoms with van der Waals surface area (Å²) in [7, 11) is 0. The van der Waals surface area contributed by atoms with Crippen LogP contribution in [0.5, 0.6) is 0 Å². The third-order valence-corrected chi connectivity index (χ3v) is 2.27. The van der Waals surface area contributed by atoms with E-state index in [1.807, 2.05) is 24.3 Å². The van der Waals surface area contributed by atoms with Crippen LogP contribution in [0.1, 0.15) is 0 Å². The molecule has 0 aromatic carbocycles. The molecule has 0 spiro atoms. The molecule has 0 aliphatic rings. The normalized spacial score (nSPS) is 10.8. The number of nitrogens with zero attached hydrogens (tertiary/aromatic N) is 4. The lowest BCUT2D eigenvalue weighted by atomic mass is 10.3. The second-order valence-corrected chi connectivity index (χ2v) is 3.40. The van der Waals surface area contributed by atoms with Crippen LogP contribution in [-0.2, 0) is 0 Å². The minimum atomic E-state index is 0.486. The van der Waals surface area contributed by atoms with Crippen molar-refractivity contribution in [2.24, 2.45) is 0 Å². The van der Waals surface area contributed by atoms with E-state index >= 15 is 0 Å². The number of hydrogen-bond acceptors (Lipinski definition) is 4.